The summed E-state index contributed by atoms with van der Waals surface area (Å²) in [5.74, 6) is 0. The maximum atomic E-state index is 11.8. The molecule has 1 atom stereocenters. The summed E-state index contributed by atoms with van der Waals surface area (Å²) in [6.07, 6.45) is 0. The highest BCUT2D eigenvalue weighted by Crippen LogP contribution is 2.18. The quantitative estimate of drug-likeness (QED) is 0.571. The number of aliphatic hydroxyl groups is 1. The molecule has 1 unspecified atom stereocenters. The van der Waals surface area contributed by atoms with E-state index >= 15 is 0 Å². The smallest absolute Gasteiger partial charge is 0.388 e. The van der Waals surface area contributed by atoms with Crippen molar-refractivity contribution >= 4 is 10.5 Å². The zero-order valence-electron chi connectivity index (χ0n) is 9.67. The van der Waals surface area contributed by atoms with Gasteiger partial charge in [0.1, 0.15) is 6.61 Å². The van der Waals surface area contributed by atoms with Gasteiger partial charge in [-0.05, 0) is 23.3 Å². The van der Waals surface area contributed by atoms with E-state index in [0.29, 0.717) is 0 Å². The zero-order chi connectivity index (χ0) is 12.7. The number of hydrogen-bond donors (Lipinski definition) is 2. The van der Waals surface area contributed by atoms with Gasteiger partial charge in [-0.1, -0.05) is 17.7 Å². The summed E-state index contributed by atoms with van der Waals surface area (Å²) in [5.41, 5.74) is 1.01. The number of aryl methyl sites for hydroxylation is 1. The zero-order valence-corrected chi connectivity index (χ0v) is 10.5. The van der Waals surface area contributed by atoms with Crippen molar-refractivity contribution in [3.63, 3.8) is 0 Å². The van der Waals surface area contributed by atoms with Crippen molar-refractivity contribution in [3.8, 4) is 0 Å². The summed E-state index contributed by atoms with van der Waals surface area (Å²) < 4.78 is 31.2. The van der Waals surface area contributed by atoms with Crippen molar-refractivity contribution in [1.82, 2.24) is 0 Å². The molecule has 17 heavy (non-hydrogen) atoms. The van der Waals surface area contributed by atoms with Crippen molar-refractivity contribution in [2.75, 3.05) is 26.4 Å². The van der Waals surface area contributed by atoms with Crippen LogP contribution in [0.4, 0.5) is 0 Å². The lowest BCUT2D eigenvalue weighted by Crippen LogP contribution is -2.18. The molecule has 2 N–H and O–H groups in total. The topological polar surface area (TPSA) is 76.0 Å². The molecule has 0 spiro atoms. The van der Waals surface area contributed by atoms with E-state index in [0.717, 1.165) is 5.56 Å². The van der Waals surface area contributed by atoms with Crippen LogP contribution in [0.1, 0.15) is 5.56 Å². The van der Waals surface area contributed by atoms with E-state index in [1.807, 2.05) is 6.92 Å². The van der Waals surface area contributed by atoms with Gasteiger partial charge in [0.15, 0.2) is 0 Å². The molecule has 1 aromatic rings. The molecule has 0 aliphatic heterocycles. The lowest BCUT2D eigenvalue weighted by Gasteiger charge is -2.04. The Balaban J connectivity index is 2.45. The maximum absolute atomic E-state index is 11.8. The van der Waals surface area contributed by atoms with Crippen LogP contribution in [0.3, 0.4) is 0 Å². The summed E-state index contributed by atoms with van der Waals surface area (Å²) in [7, 11) is -3.46. The van der Waals surface area contributed by atoms with Crippen LogP contribution in [0.5, 0.6) is 0 Å². The number of hydrogen-bond acceptors (Lipinski definition) is 4. The van der Waals surface area contributed by atoms with Crippen molar-refractivity contribution in [2.24, 2.45) is 0 Å². The third-order valence-electron chi connectivity index (χ3n) is 2.03. The van der Waals surface area contributed by atoms with Crippen LogP contribution in [0, 0.1) is 6.92 Å². The van der Waals surface area contributed by atoms with Crippen LogP contribution < -0.4 is 0 Å². The van der Waals surface area contributed by atoms with Crippen LogP contribution in [-0.2, 0) is 23.6 Å². The highest BCUT2D eigenvalue weighted by atomic mass is 32.3. The van der Waals surface area contributed by atoms with Crippen LogP contribution in [0.2, 0.25) is 0 Å². The summed E-state index contributed by atoms with van der Waals surface area (Å²) in [6, 6.07) is 6.62. The molecule has 0 aliphatic rings. The van der Waals surface area contributed by atoms with Gasteiger partial charge < -0.3 is 9.84 Å². The number of rotatable bonds is 7. The van der Waals surface area contributed by atoms with Crippen molar-refractivity contribution in [2.45, 2.75) is 11.8 Å². The first-order valence-corrected chi connectivity index (χ1v) is 6.66. The first kappa shape index (κ1) is 14.3. The predicted octanol–water partition coefficient (Wildman–Crippen LogP) is 1.27. The molecule has 0 aliphatic carbocycles. The van der Waals surface area contributed by atoms with Gasteiger partial charge in [0.05, 0.1) is 19.8 Å². The fraction of sp³-hybridized carbons (Fsp3) is 0.455. The third kappa shape index (κ3) is 4.93. The first-order valence-electron chi connectivity index (χ1n) is 5.22. The fourth-order valence-corrected chi connectivity index (χ4v) is 2.06. The molecule has 0 fully saturated rings. The van der Waals surface area contributed by atoms with E-state index in [-0.39, 0.29) is 31.3 Å². The second-order valence-electron chi connectivity index (χ2n) is 3.45. The van der Waals surface area contributed by atoms with Crippen LogP contribution in [-0.4, -0.2) is 36.1 Å². The molecule has 0 heterocycles. The van der Waals surface area contributed by atoms with Gasteiger partial charge in [0.2, 0.25) is 4.90 Å². The minimum Gasteiger partial charge on any atom is -0.394 e. The van der Waals surface area contributed by atoms with E-state index in [9.17, 15) is 8.76 Å². The number of ether oxygens (including phenoxy) is 1. The summed E-state index contributed by atoms with van der Waals surface area (Å²) >= 11 is 0. The largest absolute Gasteiger partial charge is 0.394 e. The summed E-state index contributed by atoms with van der Waals surface area (Å²) in [6.45, 7) is 2.19. The van der Waals surface area contributed by atoms with Crippen LogP contribution >= 0.6 is 0 Å². The Morgan fingerprint density at radius 2 is 1.82 bits per heavy atom. The van der Waals surface area contributed by atoms with E-state index in [1.54, 1.807) is 24.3 Å². The van der Waals surface area contributed by atoms with E-state index < -0.39 is 10.5 Å². The Morgan fingerprint density at radius 1 is 1.18 bits per heavy atom. The molecule has 1 aromatic carbocycles. The molecule has 1 rings (SSSR count). The molecule has 0 saturated heterocycles. The second kappa shape index (κ2) is 6.83. The normalized spacial score (nSPS) is 14.5. The fourth-order valence-electron chi connectivity index (χ4n) is 1.15. The Bertz CT molecular complexity index is 376. The Kier molecular flexibility index (Phi) is 5.73. The minimum absolute atomic E-state index is 0.00318. The number of aliphatic hydroxyl groups excluding tert-OH is 1. The standard InChI is InChI=1S/C11H16O5S/c1-10-2-4-11(5-3-10)17(13,14)16-9-8-15-7-6-12/h2-5,12H,6-9H2,1H3/p+1. The molecule has 0 radical (unpaired) electrons. The second-order valence-corrected chi connectivity index (χ2v) is 5.10. The maximum Gasteiger partial charge on any atom is 0.388 e. The Labute approximate surface area is 102 Å². The number of benzene rings is 1. The van der Waals surface area contributed by atoms with Gasteiger partial charge in [0.25, 0.3) is 0 Å². The monoisotopic (exact) mass is 261 g/mol. The van der Waals surface area contributed by atoms with Gasteiger partial charge in [-0.25, -0.2) is 0 Å². The lowest BCUT2D eigenvalue weighted by atomic mass is 10.2. The molecule has 5 nitrogen and oxygen atoms in total. The average molecular weight is 261 g/mol. The van der Waals surface area contributed by atoms with Gasteiger partial charge >= 0.3 is 10.5 Å². The lowest BCUT2D eigenvalue weighted by molar-refractivity contribution is 0.0696. The van der Waals surface area contributed by atoms with Gasteiger partial charge in [-0.15, -0.1) is 4.18 Å². The van der Waals surface area contributed by atoms with Crippen LogP contribution in [0.15, 0.2) is 29.2 Å². The molecule has 0 saturated carbocycles. The minimum atomic E-state index is -3.46. The van der Waals surface area contributed by atoms with Crippen molar-refractivity contribution < 1.29 is 22.8 Å². The summed E-state index contributed by atoms with van der Waals surface area (Å²) in [5, 5.41) is 8.46. The highest BCUT2D eigenvalue weighted by molar-refractivity contribution is 7.93. The predicted molar refractivity (Wildman–Crippen MR) is 64.0 cm³/mol. The van der Waals surface area contributed by atoms with E-state index in [1.165, 1.54) is 0 Å². The molecule has 0 amide bonds. The highest BCUT2D eigenvalue weighted by Gasteiger charge is 2.30. The summed E-state index contributed by atoms with van der Waals surface area (Å²) in [4.78, 5) is 0.241. The van der Waals surface area contributed by atoms with Gasteiger partial charge in [-0.2, -0.15) is 4.55 Å². The van der Waals surface area contributed by atoms with Gasteiger partial charge in [0, 0.05) is 0 Å². The Morgan fingerprint density at radius 3 is 2.41 bits per heavy atom. The first-order chi connectivity index (χ1) is 8.06. The molecule has 6 heteroatoms. The third-order valence-corrected chi connectivity index (χ3v) is 3.38. The molecular formula is C11H17O5S+. The molecule has 96 valence electrons. The SMILES string of the molecule is Cc1ccc([S+](=O)(O)OCCOCCO)cc1. The van der Waals surface area contributed by atoms with Crippen molar-refractivity contribution in [1.29, 1.82) is 0 Å². The van der Waals surface area contributed by atoms with E-state index in [4.69, 9.17) is 14.0 Å². The molecular weight excluding hydrogens is 244 g/mol. The molecule has 0 bridgehead atoms. The molecule has 0 aromatic heterocycles. The van der Waals surface area contributed by atoms with Crippen molar-refractivity contribution in [3.05, 3.63) is 29.8 Å². The Hall–Kier alpha value is -0.790. The van der Waals surface area contributed by atoms with E-state index in [2.05, 4.69) is 0 Å². The van der Waals surface area contributed by atoms with Gasteiger partial charge in [-0.3, -0.25) is 0 Å². The average Bonchev–Trinajstić information content (AvgIpc) is 2.29. The van der Waals surface area contributed by atoms with Crippen LogP contribution in [0.25, 0.3) is 0 Å².